The summed E-state index contributed by atoms with van der Waals surface area (Å²) in [5.74, 6) is 1.22. The monoisotopic (exact) mass is 301 g/mol. The van der Waals surface area contributed by atoms with Gasteiger partial charge in [-0.15, -0.1) is 0 Å². The molecule has 0 aliphatic heterocycles. The summed E-state index contributed by atoms with van der Waals surface area (Å²) in [5.41, 5.74) is 0.988. The SMILES string of the molecule is CCCC(COC)NCc1ccc(OC)c(OC)c1Cl. The van der Waals surface area contributed by atoms with Crippen LogP contribution in [0.3, 0.4) is 0 Å². The summed E-state index contributed by atoms with van der Waals surface area (Å²) in [6, 6.07) is 4.15. The largest absolute Gasteiger partial charge is 0.493 e. The molecule has 0 aliphatic carbocycles. The first kappa shape index (κ1) is 17.1. The highest BCUT2D eigenvalue weighted by Gasteiger charge is 2.14. The normalized spacial score (nSPS) is 12.2. The number of rotatable bonds is 9. The van der Waals surface area contributed by atoms with Crippen molar-refractivity contribution in [2.24, 2.45) is 0 Å². The van der Waals surface area contributed by atoms with Crippen LogP contribution in [0.5, 0.6) is 11.5 Å². The van der Waals surface area contributed by atoms with Crippen LogP contribution in [-0.2, 0) is 11.3 Å². The van der Waals surface area contributed by atoms with Crippen LogP contribution in [0.1, 0.15) is 25.3 Å². The molecule has 1 aromatic carbocycles. The first-order chi connectivity index (χ1) is 9.67. The minimum absolute atomic E-state index is 0.328. The van der Waals surface area contributed by atoms with E-state index in [-0.39, 0.29) is 0 Å². The van der Waals surface area contributed by atoms with Gasteiger partial charge in [0, 0.05) is 19.7 Å². The lowest BCUT2D eigenvalue weighted by Gasteiger charge is -2.18. The Morgan fingerprint density at radius 2 is 1.95 bits per heavy atom. The Morgan fingerprint density at radius 1 is 1.20 bits per heavy atom. The molecule has 5 heteroatoms. The molecule has 0 spiro atoms. The van der Waals surface area contributed by atoms with E-state index >= 15 is 0 Å². The maximum atomic E-state index is 6.35. The van der Waals surface area contributed by atoms with E-state index < -0.39 is 0 Å². The van der Waals surface area contributed by atoms with Gasteiger partial charge in [-0.3, -0.25) is 0 Å². The maximum absolute atomic E-state index is 6.35. The van der Waals surface area contributed by atoms with Crippen LogP contribution in [0.2, 0.25) is 5.02 Å². The summed E-state index contributed by atoms with van der Waals surface area (Å²) in [5, 5.41) is 4.05. The first-order valence-electron chi connectivity index (χ1n) is 6.79. The molecule has 0 aliphatic rings. The van der Waals surface area contributed by atoms with Crippen molar-refractivity contribution < 1.29 is 14.2 Å². The molecule has 0 fully saturated rings. The lowest BCUT2D eigenvalue weighted by Crippen LogP contribution is -2.32. The van der Waals surface area contributed by atoms with Crippen molar-refractivity contribution >= 4 is 11.6 Å². The van der Waals surface area contributed by atoms with Crippen LogP contribution in [-0.4, -0.2) is 34.0 Å². The van der Waals surface area contributed by atoms with Gasteiger partial charge in [0.2, 0.25) is 0 Å². The Hall–Kier alpha value is -0.970. The molecule has 0 aromatic heterocycles. The predicted octanol–water partition coefficient (Wildman–Crippen LogP) is 3.26. The first-order valence-corrected chi connectivity index (χ1v) is 7.17. The maximum Gasteiger partial charge on any atom is 0.179 e. The standard InChI is InChI=1S/C15H24ClNO3/c1-5-6-12(10-18-2)17-9-11-7-8-13(19-3)15(20-4)14(11)16/h7-8,12,17H,5-6,9-10H2,1-4H3. The molecule has 4 nitrogen and oxygen atoms in total. The molecule has 114 valence electrons. The van der Waals surface area contributed by atoms with Gasteiger partial charge in [-0.25, -0.2) is 0 Å². The van der Waals surface area contributed by atoms with E-state index in [1.807, 2.05) is 12.1 Å². The number of halogens is 1. The van der Waals surface area contributed by atoms with Gasteiger partial charge < -0.3 is 19.5 Å². The Kier molecular flexibility index (Phi) is 7.73. The van der Waals surface area contributed by atoms with Crippen LogP contribution in [0, 0.1) is 0 Å². The molecule has 0 saturated heterocycles. The van der Waals surface area contributed by atoms with Gasteiger partial charge in [-0.05, 0) is 18.1 Å². The second kappa shape index (κ2) is 9.06. The topological polar surface area (TPSA) is 39.7 Å². The Bertz CT molecular complexity index is 406. The highest BCUT2D eigenvalue weighted by atomic mass is 35.5. The van der Waals surface area contributed by atoms with Crippen molar-refractivity contribution in [3.63, 3.8) is 0 Å². The summed E-state index contributed by atoms with van der Waals surface area (Å²) in [6.07, 6.45) is 2.18. The zero-order valence-corrected chi connectivity index (χ0v) is 13.4. The van der Waals surface area contributed by atoms with Gasteiger partial charge in [0.15, 0.2) is 11.5 Å². The Balaban J connectivity index is 2.77. The average molecular weight is 302 g/mol. The van der Waals surface area contributed by atoms with E-state index in [2.05, 4.69) is 12.2 Å². The van der Waals surface area contributed by atoms with E-state index in [1.54, 1.807) is 21.3 Å². The van der Waals surface area contributed by atoms with E-state index in [1.165, 1.54) is 0 Å². The molecular formula is C15H24ClNO3. The van der Waals surface area contributed by atoms with E-state index in [9.17, 15) is 0 Å². The predicted molar refractivity (Wildman–Crippen MR) is 82.0 cm³/mol. The number of hydrogen-bond donors (Lipinski definition) is 1. The van der Waals surface area contributed by atoms with Gasteiger partial charge >= 0.3 is 0 Å². The zero-order chi connectivity index (χ0) is 15.0. The Morgan fingerprint density at radius 3 is 2.50 bits per heavy atom. The number of hydrogen-bond acceptors (Lipinski definition) is 4. The lowest BCUT2D eigenvalue weighted by atomic mass is 10.1. The molecule has 0 saturated carbocycles. The summed E-state index contributed by atoms with van der Waals surface area (Å²) >= 11 is 6.35. The molecule has 1 N–H and O–H groups in total. The molecule has 1 unspecified atom stereocenters. The highest BCUT2D eigenvalue weighted by molar-refractivity contribution is 6.33. The van der Waals surface area contributed by atoms with Crippen LogP contribution in [0.15, 0.2) is 12.1 Å². The average Bonchev–Trinajstić information content (AvgIpc) is 2.45. The second-order valence-corrected chi connectivity index (χ2v) is 4.97. The molecule has 0 amide bonds. The fourth-order valence-electron chi connectivity index (χ4n) is 2.11. The van der Waals surface area contributed by atoms with Crippen molar-refractivity contribution in [2.75, 3.05) is 27.9 Å². The van der Waals surface area contributed by atoms with Crippen LogP contribution < -0.4 is 14.8 Å². The third-order valence-electron chi connectivity index (χ3n) is 3.15. The molecular weight excluding hydrogens is 278 g/mol. The molecule has 0 heterocycles. The van der Waals surface area contributed by atoms with Gasteiger partial charge in [0.1, 0.15) is 0 Å². The van der Waals surface area contributed by atoms with Crippen molar-refractivity contribution in [2.45, 2.75) is 32.4 Å². The summed E-state index contributed by atoms with van der Waals surface area (Å²) in [7, 11) is 4.90. The fourth-order valence-corrected chi connectivity index (χ4v) is 2.41. The summed E-state index contributed by atoms with van der Waals surface area (Å²) in [6.45, 7) is 3.53. The molecule has 1 aromatic rings. The van der Waals surface area contributed by atoms with Crippen molar-refractivity contribution in [1.29, 1.82) is 0 Å². The second-order valence-electron chi connectivity index (χ2n) is 4.60. The van der Waals surface area contributed by atoms with E-state index in [0.717, 1.165) is 18.4 Å². The lowest BCUT2D eigenvalue weighted by molar-refractivity contribution is 0.161. The van der Waals surface area contributed by atoms with Crippen LogP contribution >= 0.6 is 11.6 Å². The summed E-state index contributed by atoms with van der Waals surface area (Å²) in [4.78, 5) is 0. The van der Waals surface area contributed by atoms with Gasteiger partial charge in [0.25, 0.3) is 0 Å². The molecule has 1 rings (SSSR count). The quantitative estimate of drug-likeness (QED) is 0.760. The molecule has 0 radical (unpaired) electrons. The fraction of sp³-hybridized carbons (Fsp3) is 0.600. The number of nitrogens with one attached hydrogen (secondary N) is 1. The minimum Gasteiger partial charge on any atom is -0.493 e. The van der Waals surface area contributed by atoms with Crippen LogP contribution in [0.25, 0.3) is 0 Å². The number of methoxy groups -OCH3 is 3. The molecule has 1 atom stereocenters. The zero-order valence-electron chi connectivity index (χ0n) is 12.7. The van der Waals surface area contributed by atoms with Crippen molar-refractivity contribution in [3.8, 4) is 11.5 Å². The molecule has 0 bridgehead atoms. The third kappa shape index (κ3) is 4.54. The van der Waals surface area contributed by atoms with Crippen molar-refractivity contribution in [3.05, 3.63) is 22.7 Å². The highest BCUT2D eigenvalue weighted by Crippen LogP contribution is 2.37. The Labute approximate surface area is 126 Å². The number of ether oxygens (including phenoxy) is 3. The van der Waals surface area contributed by atoms with Gasteiger partial charge in [-0.2, -0.15) is 0 Å². The van der Waals surface area contributed by atoms with Crippen molar-refractivity contribution in [1.82, 2.24) is 5.32 Å². The van der Waals surface area contributed by atoms with E-state index in [0.29, 0.717) is 35.7 Å². The van der Waals surface area contributed by atoms with E-state index in [4.69, 9.17) is 25.8 Å². The molecule has 20 heavy (non-hydrogen) atoms. The summed E-state index contributed by atoms with van der Waals surface area (Å²) < 4.78 is 15.7. The smallest absolute Gasteiger partial charge is 0.179 e. The minimum atomic E-state index is 0.328. The van der Waals surface area contributed by atoms with Gasteiger partial charge in [-0.1, -0.05) is 31.0 Å². The van der Waals surface area contributed by atoms with Crippen LogP contribution in [0.4, 0.5) is 0 Å². The number of benzene rings is 1. The van der Waals surface area contributed by atoms with Gasteiger partial charge in [0.05, 0.1) is 25.8 Å². The third-order valence-corrected chi connectivity index (χ3v) is 3.57.